The lowest BCUT2D eigenvalue weighted by atomic mass is 10.0. The van der Waals surface area contributed by atoms with Crippen LogP contribution in [0.15, 0.2) is 77.2 Å². The quantitative estimate of drug-likeness (QED) is 0.292. The highest BCUT2D eigenvalue weighted by molar-refractivity contribution is 6.33. The summed E-state index contributed by atoms with van der Waals surface area (Å²) in [4.78, 5) is 14.3. The molecule has 188 valence electrons. The second-order valence-corrected chi connectivity index (χ2v) is 8.66. The minimum atomic E-state index is -0.499. The summed E-state index contributed by atoms with van der Waals surface area (Å²) in [5.74, 6) is -0.0200. The van der Waals surface area contributed by atoms with Crippen LogP contribution in [0.5, 0.6) is 5.75 Å². The molecule has 2 N–H and O–H groups in total. The SMILES string of the molecule is Oc1cccc(-c2ccc(Nc3ccc(CN=Nc4ncc(F)c(N5CCOCC5)n4)nc3)cc2Cl)c1. The van der Waals surface area contributed by atoms with Crippen LogP contribution in [0.1, 0.15) is 5.69 Å². The Balaban J connectivity index is 1.20. The first-order chi connectivity index (χ1) is 18.0. The first-order valence-corrected chi connectivity index (χ1v) is 12.0. The third kappa shape index (κ3) is 6.16. The maximum Gasteiger partial charge on any atom is 0.270 e. The number of nitrogens with zero attached hydrogens (tertiary/aromatic N) is 6. The lowest BCUT2D eigenvalue weighted by molar-refractivity contribution is 0.122. The van der Waals surface area contributed by atoms with Crippen LogP contribution in [-0.4, -0.2) is 46.4 Å². The first-order valence-electron chi connectivity index (χ1n) is 11.6. The van der Waals surface area contributed by atoms with Crippen molar-refractivity contribution < 1.29 is 14.2 Å². The van der Waals surface area contributed by atoms with E-state index >= 15 is 0 Å². The molecule has 1 aliphatic heterocycles. The highest BCUT2D eigenvalue weighted by atomic mass is 35.5. The minimum Gasteiger partial charge on any atom is -0.508 e. The first kappa shape index (κ1) is 24.5. The number of azo groups is 1. The molecule has 0 aliphatic carbocycles. The van der Waals surface area contributed by atoms with Gasteiger partial charge in [0.05, 0.1) is 42.0 Å². The van der Waals surface area contributed by atoms with Gasteiger partial charge in [0.1, 0.15) is 12.3 Å². The van der Waals surface area contributed by atoms with Crippen LogP contribution in [0, 0.1) is 5.82 Å². The van der Waals surface area contributed by atoms with Crippen molar-refractivity contribution in [2.75, 3.05) is 36.5 Å². The average molecular weight is 520 g/mol. The summed E-state index contributed by atoms with van der Waals surface area (Å²) in [5, 5.41) is 21.7. The van der Waals surface area contributed by atoms with Gasteiger partial charge in [0.2, 0.25) is 0 Å². The van der Waals surface area contributed by atoms with E-state index in [-0.39, 0.29) is 24.1 Å². The Labute approximate surface area is 217 Å². The van der Waals surface area contributed by atoms with E-state index < -0.39 is 5.82 Å². The topological polar surface area (TPSA) is 108 Å². The third-order valence-electron chi connectivity index (χ3n) is 5.66. The Bertz CT molecular complexity index is 1410. The Morgan fingerprint density at radius 2 is 1.86 bits per heavy atom. The van der Waals surface area contributed by atoms with Gasteiger partial charge in [-0.15, -0.1) is 5.11 Å². The molecule has 1 saturated heterocycles. The minimum absolute atomic E-state index is 0.0900. The largest absolute Gasteiger partial charge is 0.508 e. The number of benzene rings is 2. The van der Waals surface area contributed by atoms with Gasteiger partial charge in [0, 0.05) is 24.3 Å². The van der Waals surface area contributed by atoms with E-state index in [1.165, 1.54) is 0 Å². The van der Waals surface area contributed by atoms with Crippen LogP contribution in [0.25, 0.3) is 11.1 Å². The molecular weight excluding hydrogens is 497 g/mol. The predicted octanol–water partition coefficient (Wildman–Crippen LogP) is 5.90. The summed E-state index contributed by atoms with van der Waals surface area (Å²) in [7, 11) is 0. The Morgan fingerprint density at radius 3 is 2.62 bits per heavy atom. The number of hydrogen-bond donors (Lipinski definition) is 2. The van der Waals surface area contributed by atoms with E-state index in [9.17, 15) is 9.50 Å². The molecule has 5 rings (SSSR count). The summed E-state index contributed by atoms with van der Waals surface area (Å²) in [6.45, 7) is 2.38. The summed E-state index contributed by atoms with van der Waals surface area (Å²) >= 11 is 6.48. The summed E-state index contributed by atoms with van der Waals surface area (Å²) < 4.78 is 19.5. The van der Waals surface area contributed by atoms with Crippen molar-refractivity contribution in [3.05, 3.63) is 83.5 Å². The van der Waals surface area contributed by atoms with Crippen LogP contribution in [-0.2, 0) is 11.3 Å². The number of anilines is 3. The van der Waals surface area contributed by atoms with E-state index in [4.69, 9.17) is 16.3 Å². The van der Waals surface area contributed by atoms with Gasteiger partial charge >= 0.3 is 0 Å². The van der Waals surface area contributed by atoms with Gasteiger partial charge in [-0.3, -0.25) is 4.98 Å². The van der Waals surface area contributed by atoms with E-state index in [1.807, 2.05) is 36.4 Å². The molecule has 3 heterocycles. The second kappa shape index (κ2) is 11.3. The Hall–Kier alpha value is -4.15. The van der Waals surface area contributed by atoms with Crippen molar-refractivity contribution in [1.29, 1.82) is 0 Å². The number of phenols is 1. The van der Waals surface area contributed by atoms with E-state index in [2.05, 4.69) is 30.5 Å². The molecule has 37 heavy (non-hydrogen) atoms. The molecule has 0 saturated carbocycles. The number of rotatable bonds is 7. The van der Waals surface area contributed by atoms with Gasteiger partial charge in [-0.05, 0) is 42.0 Å². The molecule has 1 aliphatic rings. The number of nitrogens with one attached hydrogen (secondary N) is 1. The number of aromatic nitrogens is 3. The van der Waals surface area contributed by atoms with Gasteiger partial charge in [-0.25, -0.2) is 9.37 Å². The van der Waals surface area contributed by atoms with Crippen LogP contribution in [0.3, 0.4) is 0 Å². The summed E-state index contributed by atoms with van der Waals surface area (Å²) in [6.07, 6.45) is 2.79. The zero-order valence-corrected chi connectivity index (χ0v) is 20.4. The number of aromatic hydroxyl groups is 1. The third-order valence-corrected chi connectivity index (χ3v) is 5.97. The van der Waals surface area contributed by atoms with Gasteiger partial charge < -0.3 is 20.1 Å². The highest BCUT2D eigenvalue weighted by Gasteiger charge is 2.17. The number of halogens is 2. The smallest absolute Gasteiger partial charge is 0.270 e. The molecule has 0 amide bonds. The standard InChI is InChI=1S/C26H23ClFN7O2/c27-23-13-18(6-7-22(23)17-2-1-3-21(36)12-17)32-20-5-4-19(29-14-20)15-31-34-26-30-16-24(28)25(33-26)35-8-10-37-11-9-35/h1-7,12-14,16,32,36H,8-11,15H2. The van der Waals surface area contributed by atoms with Crippen molar-refractivity contribution in [3.8, 4) is 16.9 Å². The van der Waals surface area contributed by atoms with Crippen LogP contribution in [0.4, 0.5) is 27.5 Å². The Kier molecular flexibility index (Phi) is 7.48. The molecule has 11 heteroatoms. The maximum absolute atomic E-state index is 14.2. The Morgan fingerprint density at radius 1 is 1.03 bits per heavy atom. The number of hydrogen-bond acceptors (Lipinski definition) is 9. The van der Waals surface area contributed by atoms with E-state index in [0.29, 0.717) is 37.0 Å². The van der Waals surface area contributed by atoms with Crippen molar-refractivity contribution in [2.24, 2.45) is 10.2 Å². The molecule has 9 nitrogen and oxygen atoms in total. The van der Waals surface area contributed by atoms with Crippen LogP contribution in [0.2, 0.25) is 5.02 Å². The highest BCUT2D eigenvalue weighted by Crippen LogP contribution is 2.32. The van der Waals surface area contributed by atoms with E-state index in [0.717, 1.165) is 28.7 Å². The second-order valence-electron chi connectivity index (χ2n) is 8.25. The monoisotopic (exact) mass is 519 g/mol. The van der Waals surface area contributed by atoms with Crippen molar-refractivity contribution in [3.63, 3.8) is 0 Å². The van der Waals surface area contributed by atoms with Gasteiger partial charge in [0.25, 0.3) is 5.95 Å². The predicted molar refractivity (Wildman–Crippen MR) is 139 cm³/mol. The van der Waals surface area contributed by atoms with Gasteiger partial charge in [0.15, 0.2) is 11.6 Å². The lowest BCUT2D eigenvalue weighted by Crippen LogP contribution is -2.37. The maximum atomic E-state index is 14.2. The fourth-order valence-electron chi connectivity index (χ4n) is 3.82. The molecule has 2 aromatic carbocycles. The fraction of sp³-hybridized carbons (Fsp3) is 0.192. The lowest BCUT2D eigenvalue weighted by Gasteiger charge is -2.27. The molecule has 0 radical (unpaired) electrons. The van der Waals surface area contributed by atoms with Crippen LogP contribution >= 0.6 is 11.6 Å². The molecule has 0 bridgehead atoms. The molecular formula is C26H23ClFN7O2. The number of phenolic OH excluding ortho intramolecular Hbond substituents is 1. The number of morpholine rings is 1. The molecule has 0 unspecified atom stereocenters. The number of ether oxygens (including phenoxy) is 1. The number of pyridine rings is 1. The molecule has 4 aromatic rings. The zero-order chi connectivity index (χ0) is 25.6. The van der Waals surface area contributed by atoms with Gasteiger partial charge in [-0.2, -0.15) is 10.1 Å². The van der Waals surface area contributed by atoms with E-state index in [1.54, 1.807) is 29.3 Å². The molecule has 0 atom stereocenters. The van der Waals surface area contributed by atoms with Crippen molar-refractivity contribution >= 4 is 34.7 Å². The summed E-state index contributed by atoms with van der Waals surface area (Å²) in [6, 6.07) is 16.3. The molecule has 1 fully saturated rings. The normalized spacial score (nSPS) is 13.7. The molecule has 0 spiro atoms. The summed E-state index contributed by atoms with van der Waals surface area (Å²) in [5.41, 5.74) is 3.93. The zero-order valence-electron chi connectivity index (χ0n) is 19.7. The van der Waals surface area contributed by atoms with Gasteiger partial charge in [-0.1, -0.05) is 29.8 Å². The average Bonchev–Trinajstić information content (AvgIpc) is 2.91. The van der Waals surface area contributed by atoms with Crippen molar-refractivity contribution in [1.82, 2.24) is 15.0 Å². The fourth-order valence-corrected chi connectivity index (χ4v) is 4.11. The van der Waals surface area contributed by atoms with Crippen molar-refractivity contribution in [2.45, 2.75) is 6.54 Å². The molecule has 2 aromatic heterocycles. The van der Waals surface area contributed by atoms with Crippen LogP contribution < -0.4 is 10.2 Å².